The van der Waals surface area contributed by atoms with E-state index in [-0.39, 0.29) is 11.6 Å². The standard InChI is InChI=1S/C27H27F3/c1-16-4-6-19(7-5-16)20-8-10-23(26(29)13-20)21-9-11-24(27(30)14-21)22-12-17(2)18(3)25(28)15-22/h8-16,19H,4-7H2,1-3H3. The van der Waals surface area contributed by atoms with Crippen molar-refractivity contribution in [1.29, 1.82) is 0 Å². The minimum absolute atomic E-state index is 0.314. The second-order valence-electron chi connectivity index (χ2n) is 8.79. The number of halogens is 3. The lowest BCUT2D eigenvalue weighted by Crippen LogP contribution is -2.11. The van der Waals surface area contributed by atoms with Gasteiger partial charge in [-0.3, -0.25) is 0 Å². The van der Waals surface area contributed by atoms with Crippen LogP contribution in [0.3, 0.4) is 0 Å². The maximum atomic E-state index is 14.9. The molecule has 3 heteroatoms. The largest absolute Gasteiger partial charge is 0.207 e. The van der Waals surface area contributed by atoms with E-state index >= 15 is 0 Å². The normalized spacial score (nSPS) is 19.1. The Morgan fingerprint density at radius 2 is 1.27 bits per heavy atom. The molecule has 30 heavy (non-hydrogen) atoms. The molecule has 0 bridgehead atoms. The Morgan fingerprint density at radius 3 is 1.90 bits per heavy atom. The molecule has 0 amide bonds. The summed E-state index contributed by atoms with van der Waals surface area (Å²) >= 11 is 0. The fraction of sp³-hybridized carbons (Fsp3) is 0.333. The number of hydrogen-bond donors (Lipinski definition) is 0. The van der Waals surface area contributed by atoms with E-state index in [1.807, 2.05) is 6.07 Å². The first kappa shape index (κ1) is 20.7. The van der Waals surface area contributed by atoms with Gasteiger partial charge in [0.1, 0.15) is 17.5 Å². The molecular formula is C27H27F3. The Labute approximate surface area is 176 Å². The second-order valence-corrected chi connectivity index (χ2v) is 8.79. The molecule has 0 N–H and O–H groups in total. The van der Waals surface area contributed by atoms with Crippen molar-refractivity contribution in [2.45, 2.75) is 52.4 Å². The first-order valence-corrected chi connectivity index (χ1v) is 10.7. The van der Waals surface area contributed by atoms with Gasteiger partial charge in [0.25, 0.3) is 0 Å². The molecule has 156 valence electrons. The molecule has 1 aliphatic rings. The summed E-state index contributed by atoms with van der Waals surface area (Å²) in [7, 11) is 0. The second kappa shape index (κ2) is 8.29. The summed E-state index contributed by atoms with van der Waals surface area (Å²) in [4.78, 5) is 0. The molecule has 0 spiro atoms. The minimum atomic E-state index is -0.486. The highest BCUT2D eigenvalue weighted by atomic mass is 19.1. The van der Waals surface area contributed by atoms with Crippen LogP contribution in [-0.4, -0.2) is 0 Å². The van der Waals surface area contributed by atoms with E-state index in [0.29, 0.717) is 33.7 Å². The van der Waals surface area contributed by atoms with Gasteiger partial charge in [0.15, 0.2) is 0 Å². The molecule has 0 heterocycles. The molecule has 1 aliphatic carbocycles. The maximum absolute atomic E-state index is 14.9. The summed E-state index contributed by atoms with van der Waals surface area (Å²) in [5, 5.41) is 0. The van der Waals surface area contributed by atoms with Gasteiger partial charge in [0.05, 0.1) is 0 Å². The average molecular weight is 409 g/mol. The van der Waals surface area contributed by atoms with Crippen LogP contribution in [0.5, 0.6) is 0 Å². The molecule has 0 radical (unpaired) electrons. The van der Waals surface area contributed by atoms with Gasteiger partial charge < -0.3 is 0 Å². The quantitative estimate of drug-likeness (QED) is 0.408. The summed E-state index contributed by atoms with van der Waals surface area (Å²) in [6.07, 6.45) is 4.55. The van der Waals surface area contributed by atoms with Gasteiger partial charge in [-0.2, -0.15) is 0 Å². The molecule has 1 saturated carbocycles. The molecule has 3 aromatic carbocycles. The maximum Gasteiger partial charge on any atom is 0.131 e. The van der Waals surface area contributed by atoms with Crippen molar-refractivity contribution in [3.63, 3.8) is 0 Å². The van der Waals surface area contributed by atoms with Crippen molar-refractivity contribution in [2.24, 2.45) is 5.92 Å². The van der Waals surface area contributed by atoms with E-state index < -0.39 is 5.82 Å². The molecule has 0 unspecified atom stereocenters. The smallest absolute Gasteiger partial charge is 0.131 e. The predicted octanol–water partition coefficient (Wildman–Crippen LogP) is 8.35. The van der Waals surface area contributed by atoms with Gasteiger partial charge in [-0.1, -0.05) is 50.1 Å². The van der Waals surface area contributed by atoms with Gasteiger partial charge in [-0.05, 0) is 84.5 Å². The lowest BCUT2D eigenvalue weighted by Gasteiger charge is -2.26. The molecule has 3 aromatic rings. The monoisotopic (exact) mass is 408 g/mol. The zero-order valence-corrected chi connectivity index (χ0v) is 17.7. The van der Waals surface area contributed by atoms with Gasteiger partial charge in [0, 0.05) is 11.1 Å². The van der Waals surface area contributed by atoms with Crippen LogP contribution >= 0.6 is 0 Å². The molecule has 0 aromatic heterocycles. The number of benzene rings is 3. The van der Waals surface area contributed by atoms with E-state index in [1.165, 1.54) is 25.0 Å². The Kier molecular flexibility index (Phi) is 5.73. The predicted molar refractivity (Wildman–Crippen MR) is 117 cm³/mol. The summed E-state index contributed by atoms with van der Waals surface area (Å²) < 4.78 is 43.9. The highest BCUT2D eigenvalue weighted by molar-refractivity contribution is 5.72. The first-order chi connectivity index (χ1) is 14.3. The molecule has 4 rings (SSSR count). The van der Waals surface area contributed by atoms with Crippen molar-refractivity contribution >= 4 is 0 Å². The van der Waals surface area contributed by atoms with Crippen LogP contribution in [0, 0.1) is 37.2 Å². The van der Waals surface area contributed by atoms with Crippen molar-refractivity contribution < 1.29 is 13.2 Å². The molecular weight excluding hydrogens is 381 g/mol. The minimum Gasteiger partial charge on any atom is -0.207 e. The number of rotatable bonds is 3. The Morgan fingerprint density at radius 1 is 0.667 bits per heavy atom. The van der Waals surface area contributed by atoms with Gasteiger partial charge in [-0.15, -0.1) is 0 Å². The zero-order chi connectivity index (χ0) is 21.4. The molecule has 0 atom stereocenters. The van der Waals surface area contributed by atoms with Crippen molar-refractivity contribution in [1.82, 2.24) is 0 Å². The third kappa shape index (κ3) is 4.03. The number of hydrogen-bond acceptors (Lipinski definition) is 0. The lowest BCUT2D eigenvalue weighted by molar-refractivity contribution is 0.347. The third-order valence-corrected chi connectivity index (χ3v) is 6.68. The van der Waals surface area contributed by atoms with Crippen LogP contribution in [0.4, 0.5) is 13.2 Å². The van der Waals surface area contributed by atoms with Crippen molar-refractivity contribution in [3.8, 4) is 22.3 Å². The van der Waals surface area contributed by atoms with Crippen LogP contribution in [0.25, 0.3) is 22.3 Å². The highest BCUT2D eigenvalue weighted by Crippen LogP contribution is 2.37. The molecule has 0 saturated heterocycles. The molecule has 0 aliphatic heterocycles. The van der Waals surface area contributed by atoms with Crippen molar-refractivity contribution in [3.05, 3.63) is 82.7 Å². The topological polar surface area (TPSA) is 0 Å². The first-order valence-electron chi connectivity index (χ1n) is 10.7. The molecule has 1 fully saturated rings. The Bertz CT molecular complexity index is 1050. The SMILES string of the molecule is Cc1cc(-c2ccc(-c3ccc(C4CCC(C)CC4)cc3F)cc2F)cc(F)c1C. The van der Waals surface area contributed by atoms with Gasteiger partial charge in [-0.25, -0.2) is 13.2 Å². The summed E-state index contributed by atoms with van der Waals surface area (Å²) in [6, 6.07) is 13.1. The van der Waals surface area contributed by atoms with E-state index in [4.69, 9.17) is 0 Å². The van der Waals surface area contributed by atoms with E-state index in [0.717, 1.165) is 29.9 Å². The van der Waals surface area contributed by atoms with Crippen LogP contribution in [0.15, 0.2) is 48.5 Å². The Hall–Kier alpha value is -2.55. The molecule has 0 nitrogen and oxygen atoms in total. The third-order valence-electron chi connectivity index (χ3n) is 6.68. The van der Waals surface area contributed by atoms with Crippen LogP contribution < -0.4 is 0 Å². The summed E-state index contributed by atoms with van der Waals surface area (Å²) in [5.41, 5.74) is 4.04. The highest BCUT2D eigenvalue weighted by Gasteiger charge is 2.21. The zero-order valence-electron chi connectivity index (χ0n) is 17.7. The summed E-state index contributed by atoms with van der Waals surface area (Å²) in [5.74, 6) is -0.0104. The lowest BCUT2D eigenvalue weighted by atomic mass is 9.79. The summed E-state index contributed by atoms with van der Waals surface area (Å²) in [6.45, 7) is 5.77. The van der Waals surface area contributed by atoms with Gasteiger partial charge >= 0.3 is 0 Å². The van der Waals surface area contributed by atoms with E-state index in [1.54, 1.807) is 44.2 Å². The van der Waals surface area contributed by atoms with E-state index in [9.17, 15) is 13.2 Å². The fourth-order valence-corrected chi connectivity index (χ4v) is 4.50. The van der Waals surface area contributed by atoms with Crippen LogP contribution in [-0.2, 0) is 0 Å². The fourth-order valence-electron chi connectivity index (χ4n) is 4.50. The van der Waals surface area contributed by atoms with Gasteiger partial charge in [0.2, 0.25) is 0 Å². The van der Waals surface area contributed by atoms with Crippen LogP contribution in [0.2, 0.25) is 0 Å². The van der Waals surface area contributed by atoms with Crippen LogP contribution in [0.1, 0.15) is 55.2 Å². The number of aryl methyl sites for hydroxylation is 1. The van der Waals surface area contributed by atoms with E-state index in [2.05, 4.69) is 6.92 Å². The Balaban J connectivity index is 1.63. The average Bonchev–Trinajstić information content (AvgIpc) is 2.72. The van der Waals surface area contributed by atoms with Crippen molar-refractivity contribution in [2.75, 3.05) is 0 Å².